The number of unbranched alkanes of at least 4 members (excludes halogenated alkanes) is 3. The minimum Gasteiger partial charge on any atom is -0.343 e. The average Bonchev–Trinajstić information content (AvgIpc) is 0.773. The maximum absolute atomic E-state index is 13.1. The quantitative estimate of drug-likeness (QED) is 0.0107. The molecule has 0 bridgehead atoms. The summed E-state index contributed by atoms with van der Waals surface area (Å²) in [5.41, 5.74) is 7.00. The summed E-state index contributed by atoms with van der Waals surface area (Å²) in [4.78, 5) is 44.9. The summed E-state index contributed by atoms with van der Waals surface area (Å²) < 4.78 is 214. The zero-order valence-electron chi connectivity index (χ0n) is 70.1. The first kappa shape index (κ1) is 112. The number of ether oxygens (including phenoxy) is 1. The number of carbonyl (C=O) groups excluding carboxylic acids is 2. The molecule has 5 N–H and O–H groups in total. The second-order valence-corrected chi connectivity index (χ2v) is 49.2. The normalized spacial score (nSPS) is 13.3. The number of likely N-dealkylation sites (tertiary alicyclic amines) is 1. The molecule has 8 rings (SSSR count). The Morgan fingerprint density at radius 3 is 1.35 bits per heavy atom. The van der Waals surface area contributed by atoms with Crippen molar-refractivity contribution in [3.05, 3.63) is 216 Å². The van der Waals surface area contributed by atoms with Crippen molar-refractivity contribution in [2.45, 2.75) is 253 Å². The Bertz CT molecular complexity index is 4270. The van der Waals surface area contributed by atoms with Crippen molar-refractivity contribution in [2.75, 3.05) is 19.7 Å². The number of nitrogens with zero attached hydrogens (tertiary/aromatic N) is 4. The summed E-state index contributed by atoms with van der Waals surface area (Å²) >= 11 is 13.3. The molecule has 0 aliphatic carbocycles. The number of pyridine rings is 1. The van der Waals surface area contributed by atoms with Crippen LogP contribution in [0, 0.1) is 0 Å². The molecule has 0 saturated carbocycles. The smallest absolute Gasteiger partial charge is 0.264 e. The van der Waals surface area contributed by atoms with Gasteiger partial charge < -0.3 is 10.6 Å². The van der Waals surface area contributed by atoms with Crippen molar-refractivity contribution in [1.29, 1.82) is 0 Å². The van der Waals surface area contributed by atoms with Gasteiger partial charge in [-0.3, -0.25) is 24.1 Å². The van der Waals surface area contributed by atoms with Gasteiger partial charge in [-0.25, -0.2) is 84.6 Å². The number of nitrogens with one attached hydrogen (secondary N) is 1. The molecular formula is C85H115Br3ClF14N7O6S2Sn. The van der Waals surface area contributed by atoms with E-state index in [0.29, 0.717) is 55.8 Å². The zero-order chi connectivity index (χ0) is 91.0. The summed E-state index contributed by atoms with van der Waals surface area (Å²) in [6.07, 6.45) is -2.13. The fraction of sp³-hybridized carbons (Fsp3) is 0.518. The topological polar surface area (TPSA) is 193 Å². The maximum atomic E-state index is 13.1. The van der Waals surface area contributed by atoms with Crippen molar-refractivity contribution in [2.24, 2.45) is 17.9 Å². The van der Waals surface area contributed by atoms with Gasteiger partial charge in [-0.2, -0.15) is 0 Å². The Kier molecular flexibility index (Phi) is 53.2. The molecule has 7 aromatic rings. The number of aryl methyl sites for hydroxylation is 1. The molecule has 1 amide bonds. The van der Waals surface area contributed by atoms with Gasteiger partial charge in [-0.05, 0) is 127 Å². The van der Waals surface area contributed by atoms with E-state index >= 15 is 0 Å². The third-order valence-electron chi connectivity index (χ3n) is 18.9. The molecule has 4 atom stereocenters. The van der Waals surface area contributed by atoms with Crippen LogP contribution in [0.4, 0.5) is 61.5 Å². The van der Waals surface area contributed by atoms with E-state index < -0.39 is 127 Å². The van der Waals surface area contributed by atoms with E-state index in [-0.39, 0.29) is 72.2 Å². The van der Waals surface area contributed by atoms with Gasteiger partial charge in [0.25, 0.3) is 37.7 Å². The SMILES string of the molecule is C=[C](OCC)[Sn]([CH2]CCC)([CH2]CCC)[CH2]CCC.CC(=O)N1CCC(c2cc3c(Cl)ncnc3n(C)c2=O)CC1.CC(=O)c1cccc(C(F)F)c1CF.CC(C)(C)S(N)=O.C[C@@H](N)c1cccc(C(F)F)c1CF.C[C@@H](NS(=O)C(C)(C)C)c1cccc(C(F)F)c1CF.FC(F)c1cccc(Br)c1CBr.FCc1c(Br)cccc1C(F)F. The van der Waals surface area contributed by atoms with E-state index in [4.69, 9.17) is 27.2 Å². The van der Waals surface area contributed by atoms with Gasteiger partial charge in [0.1, 0.15) is 43.8 Å². The number of amides is 1. The van der Waals surface area contributed by atoms with Crippen LogP contribution in [0.5, 0.6) is 0 Å². The van der Waals surface area contributed by atoms with Crippen LogP contribution in [0.1, 0.15) is 281 Å². The van der Waals surface area contributed by atoms with Gasteiger partial charge in [-0.15, -0.1) is 0 Å². The van der Waals surface area contributed by atoms with Gasteiger partial charge in [0.2, 0.25) is 5.91 Å². The molecule has 1 aliphatic rings. The van der Waals surface area contributed by atoms with Gasteiger partial charge in [-0.1, -0.05) is 138 Å². The van der Waals surface area contributed by atoms with E-state index in [0.717, 1.165) is 35.6 Å². The average molecular weight is 2050 g/mol. The Balaban J connectivity index is 0.000000692. The van der Waals surface area contributed by atoms with Crippen molar-refractivity contribution in [3.63, 3.8) is 0 Å². The monoisotopic (exact) mass is 2050 g/mol. The first-order valence-corrected chi connectivity index (χ1v) is 51.5. The molecule has 3 heterocycles. The molecule has 0 spiro atoms. The van der Waals surface area contributed by atoms with Crippen molar-refractivity contribution in [3.8, 4) is 0 Å². The predicted octanol–water partition coefficient (Wildman–Crippen LogP) is 26.8. The number of ketones is 1. The molecule has 5 aromatic carbocycles. The van der Waals surface area contributed by atoms with Gasteiger partial charge in [0.05, 0.1) is 36.9 Å². The second-order valence-electron chi connectivity index (χ2n) is 29.6. The fourth-order valence-corrected chi connectivity index (χ4v) is 29.7. The van der Waals surface area contributed by atoms with Crippen LogP contribution in [0.15, 0.2) is 127 Å². The van der Waals surface area contributed by atoms with Gasteiger partial charge in [0, 0.05) is 103 Å². The van der Waals surface area contributed by atoms with E-state index in [1.54, 1.807) is 78.9 Å². The zero-order valence-corrected chi connectivity index (χ0v) is 80.1. The van der Waals surface area contributed by atoms with E-state index in [1.165, 1.54) is 128 Å². The first-order valence-electron chi connectivity index (χ1n) is 38.5. The van der Waals surface area contributed by atoms with Crippen LogP contribution in [0.25, 0.3) is 11.0 Å². The number of alkyl halides is 15. The first-order chi connectivity index (χ1) is 55.7. The van der Waals surface area contributed by atoms with Crippen LogP contribution in [0.2, 0.25) is 18.5 Å². The summed E-state index contributed by atoms with van der Waals surface area (Å²) in [5, 5.41) is 6.52. The van der Waals surface area contributed by atoms with E-state index in [9.17, 15) is 84.3 Å². The standard InChI is InChI=1S/C15H17ClN4O2.C14H20F3NOS.C10H12F3N.C10H9F3O.C8H6Br2F2.C8H6BrF3.C4H11NOS.C4H7O.3C4H9.Sn/c1-9(21)20-5-3-10(4-6-20)11-7-12-13(16)17-8-18-14(12)19(2)15(11)22;1-9(18-20(19)14(2,3)4)10-6-5-7-11(13(16)17)12(10)8-15;2*1-6(14)7-3-2-4-8(10(12)13)9(7)5-11;9-4-6-5(8(11)12)2-1-3-7(6)10;9-7-3-1-2-5(8(11)12)6(7)4-10;1-4(2,3)7(5)6;1-3-5-4-2;3*1-3-4-2;/h7-8,10H,3-6H2,1-2H3;5-7,9,13,18H,8H2,1-4H3;2-4,6,10H,5,14H2,1H3;2-4,10H,5H2,1H3;2*1-3,8H,4H2;5H2,1-3H3;1,4H2,2H3;3*1,3-4H2,2H3;/t;9-,20?;6-;;;;;;;;;/m.11........./s1. The van der Waals surface area contributed by atoms with Crippen LogP contribution < -0.4 is 21.2 Å². The molecular weight excluding hydrogens is 1940 g/mol. The number of benzene rings is 5. The number of rotatable bonds is 28. The fourth-order valence-electron chi connectivity index (χ4n) is 12.1. The Morgan fingerprint density at radius 2 is 1.00 bits per heavy atom. The largest absolute Gasteiger partial charge is 0.343 e. The number of halogens is 18. The number of fused-ring (bicyclic) bond motifs is 1. The molecule has 34 heteroatoms. The van der Waals surface area contributed by atoms with Crippen molar-refractivity contribution >= 4 is 122 Å². The van der Waals surface area contributed by atoms with Crippen LogP contribution >= 0.6 is 59.4 Å². The molecule has 119 heavy (non-hydrogen) atoms. The Labute approximate surface area is 732 Å². The van der Waals surface area contributed by atoms with Crippen molar-refractivity contribution in [1.82, 2.24) is 24.2 Å². The third-order valence-corrected chi connectivity index (χ3v) is 39.2. The van der Waals surface area contributed by atoms with E-state index in [2.05, 4.69) is 96.8 Å². The Hall–Kier alpha value is -5.20. The minimum atomic E-state index is -2.75. The Morgan fingerprint density at radius 1 is 0.622 bits per heavy atom. The molecule has 13 nitrogen and oxygen atoms in total. The molecule has 1 saturated heterocycles. The maximum Gasteiger partial charge on any atom is 0.264 e. The summed E-state index contributed by atoms with van der Waals surface area (Å²) in [6, 6.07) is 22.3. The predicted molar refractivity (Wildman–Crippen MR) is 468 cm³/mol. The molecule has 0 radical (unpaired) electrons. The number of carbonyl (C=O) groups is 2. The molecule has 2 aromatic heterocycles. The minimum absolute atomic E-state index is 0.0200. The van der Waals surface area contributed by atoms with Crippen LogP contribution in [-0.4, -0.2) is 87.1 Å². The second kappa shape index (κ2) is 56.6. The number of Topliss-reactive ketones (excluding diaryl/α,β-unsaturated/α-hetero) is 1. The van der Waals surface area contributed by atoms with Crippen LogP contribution in [-0.2, 0) is 70.6 Å². The molecule has 1 fully saturated rings. The van der Waals surface area contributed by atoms with Crippen LogP contribution in [0.3, 0.4) is 0 Å². The number of nitrogens with two attached hydrogens (primary N) is 2. The van der Waals surface area contributed by atoms with Gasteiger partial charge in [0.15, 0.2) is 5.78 Å². The molecule has 1 aliphatic heterocycles. The number of hydrogen-bond acceptors (Lipinski definition) is 9. The summed E-state index contributed by atoms with van der Waals surface area (Å²) in [6.45, 7) is 28.8. The number of aromatic nitrogens is 3. The molecule has 2 unspecified atom stereocenters. The summed E-state index contributed by atoms with van der Waals surface area (Å²) in [7, 11) is -0.842. The number of hydrogen-bond donors (Lipinski definition) is 3. The van der Waals surface area contributed by atoms with E-state index in [1.807, 2.05) is 31.7 Å². The van der Waals surface area contributed by atoms with Crippen molar-refractivity contribution < 1.29 is 84.2 Å². The molecule has 668 valence electrons. The number of piperidine rings is 1. The third kappa shape index (κ3) is 36.5. The van der Waals surface area contributed by atoms with Gasteiger partial charge >= 0.3 is 120 Å². The summed E-state index contributed by atoms with van der Waals surface area (Å²) in [5.74, 6) is -0.184.